The Labute approximate surface area is 113 Å². The smallest absolute Gasteiger partial charge is 0.214 e. The third-order valence-electron chi connectivity index (χ3n) is 2.63. The minimum absolute atomic E-state index is 0.0546. The first-order valence-electron chi connectivity index (χ1n) is 5.57. The van der Waals surface area contributed by atoms with Crippen LogP contribution in [-0.4, -0.2) is 15.6 Å². The number of ketones is 1. The fourth-order valence-electron chi connectivity index (χ4n) is 1.79. The summed E-state index contributed by atoms with van der Waals surface area (Å²) in [7, 11) is 0. The maximum atomic E-state index is 13.9. The van der Waals surface area contributed by atoms with Crippen LogP contribution in [0.25, 0.3) is 0 Å². The average Bonchev–Trinajstić information content (AvgIpc) is 2.73. The molecule has 2 rings (SSSR count). The van der Waals surface area contributed by atoms with Crippen molar-refractivity contribution in [1.82, 2.24) is 9.78 Å². The molecule has 0 fully saturated rings. The van der Waals surface area contributed by atoms with Gasteiger partial charge in [-0.2, -0.15) is 5.10 Å². The summed E-state index contributed by atoms with van der Waals surface area (Å²) in [4.78, 5) is 12.3. The number of rotatable bonds is 3. The van der Waals surface area contributed by atoms with Gasteiger partial charge in [-0.05, 0) is 48.0 Å². The van der Waals surface area contributed by atoms with Crippen LogP contribution in [0.4, 0.5) is 4.39 Å². The van der Waals surface area contributed by atoms with E-state index in [1.165, 1.54) is 6.07 Å². The molecule has 0 bridgehead atoms. The molecule has 0 saturated carbocycles. The summed E-state index contributed by atoms with van der Waals surface area (Å²) in [6, 6.07) is 6.35. The van der Waals surface area contributed by atoms with Gasteiger partial charge in [-0.15, -0.1) is 0 Å². The third kappa shape index (κ3) is 2.22. The average molecular weight is 311 g/mol. The molecule has 1 heterocycles. The van der Waals surface area contributed by atoms with E-state index in [4.69, 9.17) is 0 Å². The maximum absolute atomic E-state index is 13.9. The van der Waals surface area contributed by atoms with Crippen LogP contribution in [-0.2, 0) is 6.54 Å². The lowest BCUT2D eigenvalue weighted by Crippen LogP contribution is -2.12. The highest BCUT2D eigenvalue weighted by atomic mass is 79.9. The van der Waals surface area contributed by atoms with E-state index in [1.54, 1.807) is 29.8 Å². The summed E-state index contributed by atoms with van der Waals surface area (Å²) in [6.07, 6.45) is 0. The zero-order chi connectivity index (χ0) is 13.3. The summed E-state index contributed by atoms with van der Waals surface area (Å²) >= 11 is 3.08. The van der Waals surface area contributed by atoms with E-state index < -0.39 is 5.82 Å². The molecule has 1 aromatic carbocycles. The summed E-state index contributed by atoms with van der Waals surface area (Å²) in [5.74, 6) is -0.889. The molecule has 0 aliphatic heterocycles. The van der Waals surface area contributed by atoms with Gasteiger partial charge >= 0.3 is 0 Å². The minimum atomic E-state index is -0.538. The van der Waals surface area contributed by atoms with Gasteiger partial charge in [0.1, 0.15) is 11.5 Å². The Morgan fingerprint density at radius 3 is 2.89 bits per heavy atom. The molecule has 94 valence electrons. The number of nitrogens with zero attached hydrogens (tertiary/aromatic N) is 2. The van der Waals surface area contributed by atoms with E-state index in [1.807, 2.05) is 6.92 Å². The van der Waals surface area contributed by atoms with Gasteiger partial charge in [0, 0.05) is 6.54 Å². The monoisotopic (exact) mass is 310 g/mol. The lowest BCUT2D eigenvalue weighted by molar-refractivity contribution is 0.102. The van der Waals surface area contributed by atoms with Crippen molar-refractivity contribution in [3.8, 4) is 0 Å². The van der Waals surface area contributed by atoms with E-state index in [0.29, 0.717) is 12.2 Å². The second kappa shape index (κ2) is 5.02. The van der Waals surface area contributed by atoms with Crippen LogP contribution in [0, 0.1) is 12.7 Å². The predicted molar refractivity (Wildman–Crippen MR) is 70.2 cm³/mol. The van der Waals surface area contributed by atoms with Crippen molar-refractivity contribution < 1.29 is 9.18 Å². The topological polar surface area (TPSA) is 34.9 Å². The first-order chi connectivity index (χ1) is 8.54. The maximum Gasteiger partial charge on any atom is 0.214 e. The summed E-state index contributed by atoms with van der Waals surface area (Å²) in [6.45, 7) is 4.27. The van der Waals surface area contributed by atoms with Gasteiger partial charge in [0.15, 0.2) is 0 Å². The normalized spacial score (nSPS) is 10.7. The zero-order valence-corrected chi connectivity index (χ0v) is 11.7. The number of benzene rings is 1. The van der Waals surface area contributed by atoms with Gasteiger partial charge in [-0.25, -0.2) is 4.39 Å². The Kier molecular flexibility index (Phi) is 3.61. The largest absolute Gasteiger partial charge is 0.287 e. The SMILES string of the molecule is CCn1nc(C)cc1C(=O)c1cccc(Br)c1F. The molecule has 0 N–H and O–H groups in total. The second-order valence-electron chi connectivity index (χ2n) is 3.92. The number of aromatic nitrogens is 2. The Morgan fingerprint density at radius 1 is 1.50 bits per heavy atom. The molecule has 5 heteroatoms. The second-order valence-corrected chi connectivity index (χ2v) is 4.77. The van der Waals surface area contributed by atoms with Gasteiger partial charge in [0.05, 0.1) is 15.7 Å². The number of hydrogen-bond donors (Lipinski definition) is 0. The van der Waals surface area contributed by atoms with Crippen LogP contribution < -0.4 is 0 Å². The third-order valence-corrected chi connectivity index (χ3v) is 3.24. The van der Waals surface area contributed by atoms with E-state index in [9.17, 15) is 9.18 Å². The van der Waals surface area contributed by atoms with E-state index >= 15 is 0 Å². The number of carbonyl (C=O) groups excluding carboxylic acids is 1. The summed E-state index contributed by atoms with van der Waals surface area (Å²) < 4.78 is 15.7. The standard InChI is InChI=1S/C13H12BrFN2O/c1-3-17-11(7-8(2)16-17)13(18)9-5-4-6-10(14)12(9)15/h4-7H,3H2,1-2H3. The van der Waals surface area contributed by atoms with Crippen LogP contribution in [0.15, 0.2) is 28.7 Å². The molecule has 0 amide bonds. The first kappa shape index (κ1) is 13.0. The van der Waals surface area contributed by atoms with E-state index in [0.717, 1.165) is 5.69 Å². The molecule has 0 aliphatic rings. The molecule has 0 saturated heterocycles. The molecule has 0 atom stereocenters. The van der Waals surface area contributed by atoms with Gasteiger partial charge in [-0.3, -0.25) is 9.48 Å². The minimum Gasteiger partial charge on any atom is -0.287 e. The fourth-order valence-corrected chi connectivity index (χ4v) is 2.15. The molecule has 1 aromatic heterocycles. The van der Waals surface area contributed by atoms with Crippen molar-refractivity contribution in [3.05, 3.63) is 51.5 Å². The van der Waals surface area contributed by atoms with E-state index in [-0.39, 0.29) is 15.8 Å². The molecule has 2 aromatic rings. The van der Waals surface area contributed by atoms with Gasteiger partial charge in [0.25, 0.3) is 0 Å². The summed E-state index contributed by atoms with van der Waals surface area (Å²) in [5, 5.41) is 4.19. The fraction of sp³-hybridized carbons (Fsp3) is 0.231. The molecular weight excluding hydrogens is 299 g/mol. The van der Waals surface area contributed by atoms with Crippen LogP contribution in [0.3, 0.4) is 0 Å². The number of hydrogen-bond acceptors (Lipinski definition) is 2. The van der Waals surface area contributed by atoms with Crippen LogP contribution in [0.1, 0.15) is 28.7 Å². The zero-order valence-electron chi connectivity index (χ0n) is 10.1. The van der Waals surface area contributed by atoms with Crippen molar-refractivity contribution in [1.29, 1.82) is 0 Å². The summed E-state index contributed by atoms with van der Waals surface area (Å²) in [5.41, 5.74) is 1.21. The molecule has 0 unspecified atom stereocenters. The number of carbonyl (C=O) groups is 1. The molecule has 3 nitrogen and oxygen atoms in total. The molecule has 0 radical (unpaired) electrons. The number of halogens is 2. The Morgan fingerprint density at radius 2 is 2.22 bits per heavy atom. The molecule has 18 heavy (non-hydrogen) atoms. The van der Waals surface area contributed by atoms with Crippen LogP contribution >= 0.6 is 15.9 Å². The molecular formula is C13H12BrFN2O. The first-order valence-corrected chi connectivity index (χ1v) is 6.37. The quantitative estimate of drug-likeness (QED) is 0.815. The lowest BCUT2D eigenvalue weighted by atomic mass is 10.1. The Balaban J connectivity index is 2.51. The predicted octanol–water partition coefficient (Wildman–Crippen LogP) is 3.34. The number of aryl methyl sites for hydroxylation is 2. The highest BCUT2D eigenvalue weighted by Gasteiger charge is 2.19. The van der Waals surface area contributed by atoms with Crippen molar-refractivity contribution in [2.75, 3.05) is 0 Å². The van der Waals surface area contributed by atoms with Gasteiger partial charge in [0.2, 0.25) is 5.78 Å². The molecule has 0 aliphatic carbocycles. The lowest BCUT2D eigenvalue weighted by Gasteiger charge is -2.05. The highest BCUT2D eigenvalue weighted by molar-refractivity contribution is 9.10. The van der Waals surface area contributed by atoms with Gasteiger partial charge < -0.3 is 0 Å². The highest BCUT2D eigenvalue weighted by Crippen LogP contribution is 2.21. The van der Waals surface area contributed by atoms with Crippen LogP contribution in [0.2, 0.25) is 0 Å². The van der Waals surface area contributed by atoms with Gasteiger partial charge in [-0.1, -0.05) is 6.07 Å². The van der Waals surface area contributed by atoms with Crippen molar-refractivity contribution in [2.45, 2.75) is 20.4 Å². The Bertz CT molecular complexity index is 607. The van der Waals surface area contributed by atoms with E-state index in [2.05, 4.69) is 21.0 Å². The van der Waals surface area contributed by atoms with Crippen molar-refractivity contribution in [3.63, 3.8) is 0 Å². The van der Waals surface area contributed by atoms with Crippen molar-refractivity contribution in [2.24, 2.45) is 0 Å². The molecule has 0 spiro atoms. The Hall–Kier alpha value is -1.49. The van der Waals surface area contributed by atoms with Crippen molar-refractivity contribution >= 4 is 21.7 Å². The van der Waals surface area contributed by atoms with Crippen LogP contribution in [0.5, 0.6) is 0 Å².